The predicted molar refractivity (Wildman–Crippen MR) is 74.9 cm³/mol. The molecule has 1 unspecified atom stereocenters. The van der Waals surface area contributed by atoms with E-state index in [9.17, 15) is 0 Å². The van der Waals surface area contributed by atoms with Gasteiger partial charge in [0.1, 0.15) is 0 Å². The van der Waals surface area contributed by atoms with E-state index >= 15 is 0 Å². The second kappa shape index (κ2) is 9.48. The predicted octanol–water partition coefficient (Wildman–Crippen LogP) is 4.26. The van der Waals surface area contributed by atoms with Gasteiger partial charge in [0, 0.05) is 19.0 Å². The number of nitrogens with one attached hydrogen (secondary N) is 1. The molecule has 0 aromatic heterocycles. The highest BCUT2D eigenvalue weighted by atomic mass is 14.9. The molecule has 0 saturated carbocycles. The Bertz CT molecular complexity index is 215. The van der Waals surface area contributed by atoms with Crippen molar-refractivity contribution in [2.75, 3.05) is 6.54 Å². The van der Waals surface area contributed by atoms with Gasteiger partial charge >= 0.3 is 0 Å². The molecular weight excluding hydrogens is 208 g/mol. The van der Waals surface area contributed by atoms with Gasteiger partial charge in [-0.25, -0.2) is 0 Å². The number of rotatable bonds is 10. The maximum absolute atomic E-state index is 8.64. The maximum Gasteiger partial charge on any atom is 0.0621 e. The van der Waals surface area contributed by atoms with Gasteiger partial charge in [0.25, 0.3) is 0 Å². The summed E-state index contributed by atoms with van der Waals surface area (Å²) in [7, 11) is 0. The van der Waals surface area contributed by atoms with Crippen LogP contribution in [-0.4, -0.2) is 12.6 Å². The summed E-state index contributed by atoms with van der Waals surface area (Å²) in [5.41, 5.74) is 0.244. The molecule has 100 valence electrons. The Morgan fingerprint density at radius 2 is 1.88 bits per heavy atom. The minimum absolute atomic E-state index is 0.244. The van der Waals surface area contributed by atoms with Crippen LogP contribution >= 0.6 is 0 Å². The Kier molecular flexibility index (Phi) is 9.17. The summed E-state index contributed by atoms with van der Waals surface area (Å²) in [6.07, 6.45) is 8.06. The molecule has 0 aliphatic carbocycles. The van der Waals surface area contributed by atoms with E-state index in [0.29, 0.717) is 12.5 Å². The number of hydrogen-bond acceptors (Lipinski definition) is 2. The van der Waals surface area contributed by atoms with Gasteiger partial charge in [0.2, 0.25) is 0 Å². The van der Waals surface area contributed by atoms with Crippen LogP contribution in [0.3, 0.4) is 0 Å². The van der Waals surface area contributed by atoms with Gasteiger partial charge in [-0.2, -0.15) is 5.26 Å². The third-order valence-corrected chi connectivity index (χ3v) is 3.33. The van der Waals surface area contributed by atoms with E-state index in [2.05, 4.69) is 39.1 Å². The van der Waals surface area contributed by atoms with Crippen LogP contribution in [0.15, 0.2) is 0 Å². The lowest BCUT2D eigenvalue weighted by atomic mass is 9.87. The van der Waals surface area contributed by atoms with Crippen molar-refractivity contribution in [3.63, 3.8) is 0 Å². The van der Waals surface area contributed by atoms with E-state index in [-0.39, 0.29) is 5.41 Å². The summed E-state index contributed by atoms with van der Waals surface area (Å²) in [4.78, 5) is 0. The first-order valence-electron chi connectivity index (χ1n) is 7.16. The van der Waals surface area contributed by atoms with Crippen LogP contribution in [0.2, 0.25) is 0 Å². The van der Waals surface area contributed by atoms with Gasteiger partial charge in [-0.1, -0.05) is 47.0 Å². The van der Waals surface area contributed by atoms with Crippen molar-refractivity contribution in [1.29, 1.82) is 5.26 Å². The normalized spacial score (nSPS) is 13.4. The molecule has 0 amide bonds. The van der Waals surface area contributed by atoms with Gasteiger partial charge in [0.05, 0.1) is 6.07 Å². The molecule has 2 heteroatoms. The molecule has 2 nitrogen and oxygen atoms in total. The van der Waals surface area contributed by atoms with Gasteiger partial charge in [-0.05, 0) is 24.7 Å². The van der Waals surface area contributed by atoms with Crippen LogP contribution in [0.5, 0.6) is 0 Å². The summed E-state index contributed by atoms with van der Waals surface area (Å²) in [6.45, 7) is 10.0. The standard InChI is InChI=1S/C15H30N2/c1-5-7-10-14(9-6-2)17-13-15(3,4)11-8-12-16/h14,17H,5-11,13H2,1-4H3. The second-order valence-corrected chi connectivity index (χ2v) is 5.83. The molecule has 0 aromatic carbocycles. The maximum atomic E-state index is 8.64. The van der Waals surface area contributed by atoms with E-state index in [1.165, 1.54) is 32.1 Å². The fraction of sp³-hybridized carbons (Fsp3) is 0.933. The molecule has 0 aliphatic rings. The minimum Gasteiger partial charge on any atom is -0.313 e. The zero-order valence-corrected chi connectivity index (χ0v) is 12.2. The molecular formula is C15H30N2. The van der Waals surface area contributed by atoms with E-state index < -0.39 is 0 Å². The summed E-state index contributed by atoms with van der Waals surface area (Å²) >= 11 is 0. The topological polar surface area (TPSA) is 35.8 Å². The summed E-state index contributed by atoms with van der Waals surface area (Å²) in [6, 6.07) is 2.91. The molecule has 0 fully saturated rings. The van der Waals surface area contributed by atoms with Crippen molar-refractivity contribution >= 4 is 0 Å². The van der Waals surface area contributed by atoms with E-state index in [0.717, 1.165) is 13.0 Å². The third kappa shape index (κ3) is 9.18. The first-order valence-corrected chi connectivity index (χ1v) is 7.16. The van der Waals surface area contributed by atoms with Crippen LogP contribution in [-0.2, 0) is 0 Å². The lowest BCUT2D eigenvalue weighted by molar-refractivity contribution is 0.288. The van der Waals surface area contributed by atoms with Crippen molar-refractivity contribution in [3.05, 3.63) is 0 Å². The van der Waals surface area contributed by atoms with Crippen molar-refractivity contribution < 1.29 is 0 Å². The number of nitriles is 1. The van der Waals surface area contributed by atoms with Crippen molar-refractivity contribution in [2.45, 2.75) is 78.7 Å². The lowest BCUT2D eigenvalue weighted by Crippen LogP contribution is -2.37. The molecule has 0 heterocycles. The van der Waals surface area contributed by atoms with Crippen LogP contribution < -0.4 is 5.32 Å². The molecule has 0 bridgehead atoms. The molecule has 0 saturated heterocycles. The SMILES string of the molecule is CCCCC(CCC)NCC(C)(C)CCC#N. The fourth-order valence-electron chi connectivity index (χ4n) is 2.05. The molecule has 17 heavy (non-hydrogen) atoms. The summed E-state index contributed by atoms with van der Waals surface area (Å²) in [5, 5.41) is 12.3. The lowest BCUT2D eigenvalue weighted by Gasteiger charge is -2.27. The van der Waals surface area contributed by atoms with E-state index in [4.69, 9.17) is 5.26 Å². The highest BCUT2D eigenvalue weighted by Gasteiger charge is 2.18. The number of unbranched alkanes of at least 4 members (excludes halogenated alkanes) is 1. The number of hydrogen-bond donors (Lipinski definition) is 1. The average Bonchev–Trinajstić information content (AvgIpc) is 2.30. The first-order chi connectivity index (χ1) is 8.05. The highest BCUT2D eigenvalue weighted by Crippen LogP contribution is 2.21. The zero-order valence-electron chi connectivity index (χ0n) is 12.2. The molecule has 0 rings (SSSR count). The monoisotopic (exact) mass is 238 g/mol. The van der Waals surface area contributed by atoms with E-state index in [1.807, 2.05) is 0 Å². The Balaban J connectivity index is 3.96. The largest absolute Gasteiger partial charge is 0.313 e. The number of nitrogens with zero attached hydrogens (tertiary/aromatic N) is 1. The molecule has 1 N–H and O–H groups in total. The first kappa shape index (κ1) is 16.4. The van der Waals surface area contributed by atoms with Crippen LogP contribution in [0.1, 0.15) is 72.6 Å². The molecule has 1 atom stereocenters. The minimum atomic E-state index is 0.244. The Morgan fingerprint density at radius 3 is 2.41 bits per heavy atom. The van der Waals surface area contributed by atoms with Gasteiger partial charge in [-0.3, -0.25) is 0 Å². The Hall–Kier alpha value is -0.550. The zero-order chi connectivity index (χ0) is 13.1. The van der Waals surface area contributed by atoms with Gasteiger partial charge < -0.3 is 5.32 Å². The Labute approximate surface area is 108 Å². The van der Waals surface area contributed by atoms with Gasteiger partial charge in [-0.15, -0.1) is 0 Å². The van der Waals surface area contributed by atoms with Crippen LogP contribution in [0.25, 0.3) is 0 Å². The summed E-state index contributed by atoms with van der Waals surface area (Å²) in [5.74, 6) is 0. The van der Waals surface area contributed by atoms with E-state index in [1.54, 1.807) is 0 Å². The highest BCUT2D eigenvalue weighted by molar-refractivity contribution is 4.80. The van der Waals surface area contributed by atoms with Crippen molar-refractivity contribution in [1.82, 2.24) is 5.32 Å². The molecule has 0 radical (unpaired) electrons. The smallest absolute Gasteiger partial charge is 0.0621 e. The van der Waals surface area contributed by atoms with Crippen LogP contribution in [0.4, 0.5) is 0 Å². The third-order valence-electron chi connectivity index (χ3n) is 3.33. The quantitative estimate of drug-likeness (QED) is 0.617. The van der Waals surface area contributed by atoms with Crippen molar-refractivity contribution in [2.24, 2.45) is 5.41 Å². The summed E-state index contributed by atoms with van der Waals surface area (Å²) < 4.78 is 0. The Morgan fingerprint density at radius 1 is 1.18 bits per heavy atom. The van der Waals surface area contributed by atoms with Crippen LogP contribution in [0, 0.1) is 16.7 Å². The van der Waals surface area contributed by atoms with Gasteiger partial charge in [0.15, 0.2) is 0 Å². The molecule has 0 spiro atoms. The average molecular weight is 238 g/mol. The molecule has 0 aromatic rings. The second-order valence-electron chi connectivity index (χ2n) is 5.83. The van der Waals surface area contributed by atoms with Crippen molar-refractivity contribution in [3.8, 4) is 6.07 Å². The fourth-order valence-corrected chi connectivity index (χ4v) is 2.05. The molecule has 0 aliphatic heterocycles.